The maximum Gasteiger partial charge on any atom is 0.242 e. The third kappa shape index (κ3) is 5.14. The summed E-state index contributed by atoms with van der Waals surface area (Å²) in [6.45, 7) is 1.07. The molecule has 0 aliphatic rings. The highest BCUT2D eigenvalue weighted by Crippen LogP contribution is 2.24. The summed E-state index contributed by atoms with van der Waals surface area (Å²) in [5.41, 5.74) is 0. The van der Waals surface area contributed by atoms with Crippen LogP contribution in [0.3, 0.4) is 0 Å². The first kappa shape index (κ1) is 16.4. The average molecular weight is 422 g/mol. The Balaban J connectivity index is 2.63. The maximum absolute atomic E-state index is 11.9. The standard InChI is InChI=1S/C10H12Br2ClNO3S/c11-3-5-17-6-4-14-18(15,16)10-2-1-8(12)7-9(10)13/h1-2,7,14H,3-6H2. The van der Waals surface area contributed by atoms with Crippen molar-refractivity contribution in [3.8, 4) is 0 Å². The lowest BCUT2D eigenvalue weighted by atomic mass is 10.4. The van der Waals surface area contributed by atoms with Crippen LogP contribution in [-0.2, 0) is 14.8 Å². The Bertz CT molecular complexity index is 496. The normalized spacial score (nSPS) is 11.7. The number of halogens is 3. The number of nitrogens with one attached hydrogen (secondary N) is 1. The first-order chi connectivity index (χ1) is 8.47. The van der Waals surface area contributed by atoms with Crippen LogP contribution in [0.5, 0.6) is 0 Å². The van der Waals surface area contributed by atoms with Gasteiger partial charge in [0, 0.05) is 16.3 Å². The maximum atomic E-state index is 11.9. The lowest BCUT2D eigenvalue weighted by molar-refractivity contribution is 0.156. The van der Waals surface area contributed by atoms with Crippen LogP contribution in [-0.4, -0.2) is 33.5 Å². The van der Waals surface area contributed by atoms with Crippen LogP contribution < -0.4 is 4.72 Å². The van der Waals surface area contributed by atoms with Crippen molar-refractivity contribution in [3.05, 3.63) is 27.7 Å². The first-order valence-electron chi connectivity index (χ1n) is 5.06. The van der Waals surface area contributed by atoms with E-state index in [9.17, 15) is 8.42 Å². The molecule has 1 aromatic rings. The van der Waals surface area contributed by atoms with Gasteiger partial charge in [0.25, 0.3) is 0 Å². The Morgan fingerprint density at radius 2 is 2.06 bits per heavy atom. The van der Waals surface area contributed by atoms with Crippen LogP contribution in [0.1, 0.15) is 0 Å². The zero-order valence-electron chi connectivity index (χ0n) is 9.33. The number of hydrogen-bond donors (Lipinski definition) is 1. The van der Waals surface area contributed by atoms with E-state index in [0.29, 0.717) is 13.2 Å². The molecule has 0 radical (unpaired) electrons. The molecule has 8 heteroatoms. The van der Waals surface area contributed by atoms with E-state index in [4.69, 9.17) is 16.3 Å². The van der Waals surface area contributed by atoms with Crippen LogP contribution in [0.25, 0.3) is 0 Å². The third-order valence-corrected chi connectivity index (χ3v) is 4.70. The lowest BCUT2D eigenvalue weighted by Crippen LogP contribution is -2.27. The van der Waals surface area contributed by atoms with Gasteiger partial charge in [0.15, 0.2) is 0 Å². The second-order valence-electron chi connectivity index (χ2n) is 3.27. The van der Waals surface area contributed by atoms with Gasteiger partial charge >= 0.3 is 0 Å². The summed E-state index contributed by atoms with van der Waals surface area (Å²) in [6.07, 6.45) is 0. The van der Waals surface area contributed by atoms with Gasteiger partial charge in [-0.25, -0.2) is 13.1 Å². The summed E-state index contributed by atoms with van der Waals surface area (Å²) in [5.74, 6) is 0. The van der Waals surface area contributed by atoms with Crippen LogP contribution in [0.2, 0.25) is 5.02 Å². The molecule has 0 heterocycles. The highest BCUT2D eigenvalue weighted by Gasteiger charge is 2.17. The van der Waals surface area contributed by atoms with E-state index in [1.807, 2.05) is 0 Å². The van der Waals surface area contributed by atoms with Crippen LogP contribution in [0.4, 0.5) is 0 Å². The third-order valence-electron chi connectivity index (χ3n) is 1.94. The quantitative estimate of drug-likeness (QED) is 0.544. The molecule has 0 fully saturated rings. The van der Waals surface area contributed by atoms with Crippen molar-refractivity contribution in [2.45, 2.75) is 4.90 Å². The zero-order valence-corrected chi connectivity index (χ0v) is 14.1. The number of alkyl halides is 1. The van der Waals surface area contributed by atoms with E-state index < -0.39 is 10.0 Å². The van der Waals surface area contributed by atoms with E-state index >= 15 is 0 Å². The van der Waals surface area contributed by atoms with Gasteiger partial charge in [-0.1, -0.05) is 43.5 Å². The number of rotatable bonds is 7. The predicted molar refractivity (Wildman–Crippen MR) is 79.0 cm³/mol. The molecule has 0 aliphatic carbocycles. The van der Waals surface area contributed by atoms with E-state index in [1.165, 1.54) is 12.1 Å². The minimum atomic E-state index is -3.59. The lowest BCUT2D eigenvalue weighted by Gasteiger charge is -2.08. The van der Waals surface area contributed by atoms with Crippen LogP contribution in [0, 0.1) is 0 Å². The molecule has 0 amide bonds. The summed E-state index contributed by atoms with van der Waals surface area (Å²) in [7, 11) is -3.59. The van der Waals surface area contributed by atoms with Gasteiger partial charge in [0.05, 0.1) is 18.2 Å². The van der Waals surface area contributed by atoms with Crippen molar-refractivity contribution in [2.75, 3.05) is 25.1 Å². The highest BCUT2D eigenvalue weighted by atomic mass is 79.9. The largest absolute Gasteiger partial charge is 0.379 e. The Labute approximate surface area is 128 Å². The molecule has 0 aromatic heterocycles. The Kier molecular flexibility index (Phi) is 7.12. The molecule has 0 saturated heterocycles. The van der Waals surface area contributed by atoms with Crippen molar-refractivity contribution >= 4 is 53.5 Å². The van der Waals surface area contributed by atoms with Gasteiger partial charge < -0.3 is 4.74 Å². The van der Waals surface area contributed by atoms with Crippen molar-refractivity contribution in [2.24, 2.45) is 0 Å². The fourth-order valence-electron chi connectivity index (χ4n) is 1.18. The summed E-state index contributed by atoms with van der Waals surface area (Å²) in [5, 5.41) is 0.899. The molecule has 0 aliphatic heterocycles. The topological polar surface area (TPSA) is 55.4 Å². The van der Waals surface area contributed by atoms with Crippen LogP contribution >= 0.6 is 43.5 Å². The molecule has 1 rings (SSSR count). The molecule has 4 nitrogen and oxygen atoms in total. The van der Waals surface area contributed by atoms with Crippen molar-refractivity contribution in [1.29, 1.82) is 0 Å². The second kappa shape index (κ2) is 7.81. The SMILES string of the molecule is O=S(=O)(NCCOCCBr)c1ccc(Br)cc1Cl. The first-order valence-corrected chi connectivity index (χ1v) is 8.83. The Morgan fingerprint density at radius 3 is 2.67 bits per heavy atom. The van der Waals surface area contributed by atoms with Gasteiger partial charge in [0.1, 0.15) is 4.90 Å². The number of hydrogen-bond acceptors (Lipinski definition) is 3. The molecule has 1 aromatic carbocycles. The highest BCUT2D eigenvalue weighted by molar-refractivity contribution is 9.10. The molecule has 102 valence electrons. The van der Waals surface area contributed by atoms with Gasteiger partial charge in [-0.15, -0.1) is 0 Å². The number of ether oxygens (including phenoxy) is 1. The number of sulfonamides is 1. The molecule has 0 bridgehead atoms. The van der Waals surface area contributed by atoms with Gasteiger partial charge in [-0.05, 0) is 18.2 Å². The Morgan fingerprint density at radius 1 is 1.33 bits per heavy atom. The molecular weight excluding hydrogens is 409 g/mol. The molecule has 0 saturated carbocycles. The Hall–Kier alpha value is 0.340. The van der Waals surface area contributed by atoms with Crippen molar-refractivity contribution in [3.63, 3.8) is 0 Å². The molecule has 0 unspecified atom stereocenters. The summed E-state index contributed by atoms with van der Waals surface area (Å²) in [6, 6.07) is 4.62. The van der Waals surface area contributed by atoms with Crippen molar-refractivity contribution < 1.29 is 13.2 Å². The average Bonchev–Trinajstić information content (AvgIpc) is 2.28. The molecule has 0 atom stereocenters. The molecular formula is C10H12Br2ClNO3S. The monoisotopic (exact) mass is 419 g/mol. The predicted octanol–water partition coefficient (Wildman–Crippen LogP) is 2.79. The van der Waals surface area contributed by atoms with Gasteiger partial charge in [-0.2, -0.15) is 0 Å². The van der Waals surface area contributed by atoms with Crippen molar-refractivity contribution in [1.82, 2.24) is 4.72 Å². The summed E-state index contributed by atoms with van der Waals surface area (Å²) < 4.78 is 32.1. The fourth-order valence-corrected chi connectivity index (χ4v) is 3.45. The smallest absolute Gasteiger partial charge is 0.242 e. The van der Waals surface area contributed by atoms with Gasteiger partial charge in [-0.3, -0.25) is 0 Å². The number of benzene rings is 1. The fraction of sp³-hybridized carbons (Fsp3) is 0.400. The summed E-state index contributed by atoms with van der Waals surface area (Å²) >= 11 is 12.3. The van der Waals surface area contributed by atoms with Gasteiger partial charge in [0.2, 0.25) is 10.0 Å². The van der Waals surface area contributed by atoms with E-state index in [2.05, 4.69) is 36.6 Å². The molecule has 18 heavy (non-hydrogen) atoms. The second-order valence-corrected chi connectivity index (χ2v) is 7.13. The van der Waals surface area contributed by atoms with Crippen LogP contribution in [0.15, 0.2) is 27.6 Å². The summed E-state index contributed by atoms with van der Waals surface area (Å²) in [4.78, 5) is 0.0628. The molecule has 0 spiro atoms. The molecule has 1 N–H and O–H groups in total. The van der Waals surface area contributed by atoms with E-state index in [-0.39, 0.29) is 16.5 Å². The zero-order chi connectivity index (χ0) is 13.6. The van der Waals surface area contributed by atoms with E-state index in [0.717, 1.165) is 9.80 Å². The minimum absolute atomic E-state index is 0.0628. The minimum Gasteiger partial charge on any atom is -0.379 e. The van der Waals surface area contributed by atoms with E-state index in [1.54, 1.807) is 6.07 Å².